The molecule has 150 valence electrons. The first-order valence-corrected chi connectivity index (χ1v) is 10.0. The Morgan fingerprint density at radius 3 is 2.40 bits per heavy atom. The molecular weight excluding hydrogens is 374 g/mol. The lowest BCUT2D eigenvalue weighted by atomic mass is 9.97. The molecule has 4 rings (SSSR count). The molecule has 0 fully saturated rings. The van der Waals surface area contributed by atoms with E-state index >= 15 is 0 Å². The number of para-hydroxylation sites is 2. The van der Waals surface area contributed by atoms with Crippen molar-refractivity contribution in [3.8, 4) is 0 Å². The number of carbonyl (C=O) groups is 2. The van der Waals surface area contributed by atoms with E-state index < -0.39 is 0 Å². The van der Waals surface area contributed by atoms with E-state index in [1.165, 1.54) is 0 Å². The van der Waals surface area contributed by atoms with Crippen LogP contribution in [0.25, 0.3) is 11.0 Å². The molecule has 1 aromatic heterocycles. The van der Waals surface area contributed by atoms with Crippen molar-refractivity contribution in [2.45, 2.75) is 19.9 Å². The molecule has 30 heavy (non-hydrogen) atoms. The van der Waals surface area contributed by atoms with Crippen LogP contribution >= 0.6 is 0 Å². The van der Waals surface area contributed by atoms with Crippen LogP contribution in [0.2, 0.25) is 0 Å². The molecule has 1 heterocycles. The zero-order valence-corrected chi connectivity index (χ0v) is 16.8. The number of imidazole rings is 1. The number of benzene rings is 3. The van der Waals surface area contributed by atoms with Gasteiger partial charge >= 0.3 is 0 Å². The molecule has 0 unspecified atom stereocenters. The first-order chi connectivity index (χ1) is 14.6. The van der Waals surface area contributed by atoms with Crippen molar-refractivity contribution in [1.29, 1.82) is 0 Å². The van der Waals surface area contributed by atoms with Crippen LogP contribution in [-0.2, 0) is 6.54 Å². The summed E-state index contributed by atoms with van der Waals surface area (Å²) >= 11 is 0. The summed E-state index contributed by atoms with van der Waals surface area (Å²) in [6, 6.07) is 22.3. The number of amides is 1. The molecule has 0 atom stereocenters. The van der Waals surface area contributed by atoms with Crippen molar-refractivity contribution >= 4 is 22.7 Å². The summed E-state index contributed by atoms with van der Waals surface area (Å²) in [6.07, 6.45) is 2.59. The average Bonchev–Trinajstić information content (AvgIpc) is 3.20. The fourth-order valence-corrected chi connectivity index (χ4v) is 3.47. The van der Waals surface area contributed by atoms with Gasteiger partial charge in [0.05, 0.1) is 22.9 Å². The Balaban J connectivity index is 1.40. The summed E-state index contributed by atoms with van der Waals surface area (Å²) in [5.74, 6) is -0.382. The van der Waals surface area contributed by atoms with Gasteiger partial charge in [0.15, 0.2) is 5.78 Å². The van der Waals surface area contributed by atoms with Crippen molar-refractivity contribution < 1.29 is 9.59 Å². The second kappa shape index (κ2) is 8.74. The van der Waals surface area contributed by atoms with Gasteiger partial charge in [0, 0.05) is 24.2 Å². The number of nitrogens with zero attached hydrogens (tertiary/aromatic N) is 2. The fourth-order valence-electron chi connectivity index (χ4n) is 3.47. The summed E-state index contributed by atoms with van der Waals surface area (Å²) in [5.41, 5.74) is 4.52. The van der Waals surface area contributed by atoms with E-state index in [1.807, 2.05) is 49.6 Å². The minimum atomic E-state index is -0.235. The zero-order valence-electron chi connectivity index (χ0n) is 16.8. The third-order valence-corrected chi connectivity index (χ3v) is 5.12. The second-order valence-corrected chi connectivity index (χ2v) is 7.28. The molecule has 0 aliphatic heterocycles. The van der Waals surface area contributed by atoms with Crippen LogP contribution in [0.15, 0.2) is 79.1 Å². The molecule has 5 heteroatoms. The normalized spacial score (nSPS) is 10.8. The van der Waals surface area contributed by atoms with Gasteiger partial charge in [-0.05, 0) is 31.5 Å². The predicted molar refractivity (Wildman–Crippen MR) is 118 cm³/mol. The quantitative estimate of drug-likeness (QED) is 0.371. The molecule has 0 saturated heterocycles. The van der Waals surface area contributed by atoms with Crippen molar-refractivity contribution in [3.05, 3.63) is 101 Å². The molecule has 1 amide bonds. The smallest absolute Gasteiger partial charge is 0.252 e. The van der Waals surface area contributed by atoms with Crippen molar-refractivity contribution in [2.75, 3.05) is 6.54 Å². The number of fused-ring (bicyclic) bond motifs is 1. The first-order valence-electron chi connectivity index (χ1n) is 10.0. The molecule has 0 saturated carbocycles. The van der Waals surface area contributed by atoms with Crippen LogP contribution in [0.1, 0.15) is 38.3 Å². The monoisotopic (exact) mass is 397 g/mol. The number of rotatable bonds is 7. The Bertz CT molecular complexity index is 1190. The van der Waals surface area contributed by atoms with E-state index in [9.17, 15) is 9.59 Å². The Morgan fingerprint density at radius 1 is 0.900 bits per heavy atom. The van der Waals surface area contributed by atoms with Crippen molar-refractivity contribution in [3.63, 3.8) is 0 Å². The third-order valence-electron chi connectivity index (χ3n) is 5.12. The van der Waals surface area contributed by atoms with Gasteiger partial charge < -0.3 is 9.88 Å². The number of hydrogen-bond donors (Lipinski definition) is 1. The second-order valence-electron chi connectivity index (χ2n) is 7.28. The van der Waals surface area contributed by atoms with Crippen LogP contribution in [0.3, 0.4) is 0 Å². The Hall–Kier alpha value is -3.73. The predicted octanol–water partition coefficient (Wildman–Crippen LogP) is 4.40. The van der Waals surface area contributed by atoms with Gasteiger partial charge in [0.1, 0.15) is 0 Å². The van der Waals surface area contributed by atoms with Crippen LogP contribution in [-0.4, -0.2) is 27.8 Å². The van der Waals surface area contributed by atoms with Gasteiger partial charge in [-0.1, -0.05) is 60.2 Å². The van der Waals surface area contributed by atoms with Gasteiger partial charge in [-0.25, -0.2) is 4.98 Å². The summed E-state index contributed by atoms with van der Waals surface area (Å²) in [4.78, 5) is 30.0. The van der Waals surface area contributed by atoms with E-state index in [1.54, 1.807) is 36.4 Å². The summed E-state index contributed by atoms with van der Waals surface area (Å²) < 4.78 is 2.08. The molecule has 1 N–H and O–H groups in total. The highest BCUT2D eigenvalue weighted by Crippen LogP contribution is 2.16. The number of nitrogens with one attached hydrogen (secondary N) is 1. The maximum atomic E-state index is 12.9. The summed E-state index contributed by atoms with van der Waals surface area (Å²) in [7, 11) is 0. The van der Waals surface area contributed by atoms with Crippen LogP contribution < -0.4 is 5.32 Å². The largest absolute Gasteiger partial charge is 0.352 e. The highest BCUT2D eigenvalue weighted by atomic mass is 16.2. The Morgan fingerprint density at radius 2 is 1.60 bits per heavy atom. The summed E-state index contributed by atoms with van der Waals surface area (Å²) in [6.45, 7) is 3.24. The van der Waals surface area contributed by atoms with Crippen molar-refractivity contribution in [2.24, 2.45) is 0 Å². The van der Waals surface area contributed by atoms with Gasteiger partial charge in [-0.3, -0.25) is 9.59 Å². The van der Waals surface area contributed by atoms with E-state index in [4.69, 9.17) is 0 Å². The van der Waals surface area contributed by atoms with Gasteiger partial charge in [0.25, 0.3) is 5.91 Å². The molecule has 0 bridgehead atoms. The number of carbonyl (C=O) groups excluding carboxylic acids is 2. The molecule has 3 aromatic carbocycles. The number of aromatic nitrogens is 2. The van der Waals surface area contributed by atoms with Crippen LogP contribution in [0.4, 0.5) is 0 Å². The molecular formula is C25H23N3O2. The molecule has 0 spiro atoms. The Kier molecular flexibility index (Phi) is 5.70. The van der Waals surface area contributed by atoms with Gasteiger partial charge in [-0.15, -0.1) is 0 Å². The lowest BCUT2D eigenvalue weighted by Crippen LogP contribution is -2.27. The topological polar surface area (TPSA) is 64.0 Å². The van der Waals surface area contributed by atoms with Gasteiger partial charge in [0.2, 0.25) is 0 Å². The molecule has 0 aliphatic rings. The molecule has 0 aliphatic carbocycles. The van der Waals surface area contributed by atoms with Crippen LogP contribution in [0, 0.1) is 6.92 Å². The molecule has 5 nitrogen and oxygen atoms in total. The average molecular weight is 397 g/mol. The maximum Gasteiger partial charge on any atom is 0.252 e. The van der Waals surface area contributed by atoms with Crippen molar-refractivity contribution in [1.82, 2.24) is 14.9 Å². The van der Waals surface area contributed by atoms with Gasteiger partial charge in [-0.2, -0.15) is 0 Å². The lowest BCUT2D eigenvalue weighted by Gasteiger charge is -2.10. The van der Waals surface area contributed by atoms with Crippen LogP contribution in [0.5, 0.6) is 0 Å². The summed E-state index contributed by atoms with van der Waals surface area (Å²) in [5, 5.41) is 2.94. The highest BCUT2D eigenvalue weighted by Gasteiger charge is 2.17. The molecule has 0 radical (unpaired) electrons. The third kappa shape index (κ3) is 4.15. The highest BCUT2D eigenvalue weighted by molar-refractivity contribution is 6.15. The zero-order chi connectivity index (χ0) is 20.9. The van der Waals surface area contributed by atoms with E-state index in [-0.39, 0.29) is 11.7 Å². The Labute approximate surface area is 175 Å². The minimum Gasteiger partial charge on any atom is -0.352 e. The maximum absolute atomic E-state index is 12.9. The fraction of sp³-hybridized carbons (Fsp3) is 0.160. The first kappa shape index (κ1) is 19.6. The SMILES string of the molecule is Cc1ccc(C(=O)c2ccccc2C(=O)NCCCn2cnc3ccccc32)cc1. The number of aryl methyl sites for hydroxylation is 2. The molecule has 4 aromatic rings. The lowest BCUT2D eigenvalue weighted by molar-refractivity contribution is 0.0941. The standard InChI is InChI=1S/C25H23N3O2/c1-18-11-13-19(14-12-18)24(29)20-7-2-3-8-21(20)25(30)26-15-6-16-28-17-27-22-9-4-5-10-23(22)28/h2-5,7-14,17H,6,15-16H2,1H3,(H,26,30). The van der Waals surface area contributed by atoms with E-state index in [0.717, 1.165) is 29.6 Å². The number of hydrogen-bond acceptors (Lipinski definition) is 3. The van der Waals surface area contributed by atoms with E-state index in [2.05, 4.69) is 14.9 Å². The number of ketones is 1. The minimum absolute atomic E-state index is 0.148. The van der Waals surface area contributed by atoms with E-state index in [0.29, 0.717) is 23.2 Å².